The van der Waals surface area contributed by atoms with E-state index in [0.717, 1.165) is 18.5 Å². The quantitative estimate of drug-likeness (QED) is 0.686. The Morgan fingerprint density at radius 1 is 1.21 bits per heavy atom. The van der Waals surface area contributed by atoms with Gasteiger partial charge in [0.1, 0.15) is 0 Å². The third-order valence-electron chi connectivity index (χ3n) is 4.61. The molecule has 0 radical (unpaired) electrons. The van der Waals surface area contributed by atoms with E-state index >= 15 is 0 Å². The van der Waals surface area contributed by atoms with Crippen LogP contribution in [0.3, 0.4) is 0 Å². The highest BCUT2D eigenvalue weighted by molar-refractivity contribution is 6.22. The van der Waals surface area contributed by atoms with Crippen LogP contribution in [0, 0.1) is 18.8 Å². The highest BCUT2D eigenvalue weighted by Crippen LogP contribution is 2.49. The second-order valence-corrected chi connectivity index (χ2v) is 5.62. The molecule has 3 fully saturated rings. The maximum absolute atomic E-state index is 12.5. The predicted octanol–water partition coefficient (Wildman–Crippen LogP) is 0.395. The molecule has 0 aliphatic carbocycles. The maximum atomic E-state index is 12.5. The summed E-state index contributed by atoms with van der Waals surface area (Å²) in [5, 5.41) is 4.25. The van der Waals surface area contributed by atoms with Crippen molar-refractivity contribution >= 4 is 17.6 Å². The molecule has 4 rings (SSSR count). The van der Waals surface area contributed by atoms with Crippen molar-refractivity contribution in [3.05, 3.63) is 11.8 Å². The van der Waals surface area contributed by atoms with Crippen LogP contribution in [-0.2, 0) is 21.4 Å². The molecule has 0 aromatic carbocycles. The van der Waals surface area contributed by atoms with Crippen LogP contribution in [0.1, 0.15) is 18.5 Å². The van der Waals surface area contributed by atoms with Crippen LogP contribution in [0.15, 0.2) is 6.07 Å². The number of hydrogen-bond acceptors (Lipinski definition) is 4. The van der Waals surface area contributed by atoms with E-state index in [4.69, 9.17) is 4.74 Å². The van der Waals surface area contributed by atoms with E-state index < -0.39 is 0 Å². The number of nitrogens with zero attached hydrogens (tertiary/aromatic N) is 3. The summed E-state index contributed by atoms with van der Waals surface area (Å²) >= 11 is 0. The lowest BCUT2D eigenvalue weighted by Crippen LogP contribution is -2.34. The van der Waals surface area contributed by atoms with Gasteiger partial charge in [-0.25, -0.2) is 4.90 Å². The number of carbonyl (C=O) groups excluding carboxylic acids is 2. The van der Waals surface area contributed by atoms with Crippen LogP contribution in [0.2, 0.25) is 0 Å². The van der Waals surface area contributed by atoms with Gasteiger partial charge in [0.05, 0.1) is 24.0 Å². The van der Waals surface area contributed by atoms with Crippen molar-refractivity contribution in [2.75, 3.05) is 4.90 Å². The van der Waals surface area contributed by atoms with E-state index in [1.807, 2.05) is 6.92 Å². The number of imide groups is 1. The molecular formula is C13H15N3O3. The summed E-state index contributed by atoms with van der Waals surface area (Å²) in [5.41, 5.74) is 0.923. The van der Waals surface area contributed by atoms with E-state index in [1.54, 1.807) is 17.8 Å². The summed E-state index contributed by atoms with van der Waals surface area (Å²) in [7, 11) is 1.80. The molecule has 3 saturated heterocycles. The second kappa shape index (κ2) is 3.45. The van der Waals surface area contributed by atoms with Crippen LogP contribution in [0.25, 0.3) is 0 Å². The molecule has 19 heavy (non-hydrogen) atoms. The molecule has 100 valence electrons. The summed E-state index contributed by atoms with van der Waals surface area (Å²) in [6.07, 6.45) is 1.64. The van der Waals surface area contributed by atoms with Gasteiger partial charge in [-0.15, -0.1) is 0 Å². The van der Waals surface area contributed by atoms with Gasteiger partial charge < -0.3 is 4.74 Å². The van der Waals surface area contributed by atoms with Crippen LogP contribution >= 0.6 is 0 Å². The van der Waals surface area contributed by atoms with E-state index in [9.17, 15) is 9.59 Å². The third kappa shape index (κ3) is 1.27. The number of carbonyl (C=O) groups is 2. The number of rotatable bonds is 1. The number of aromatic nitrogens is 2. The molecule has 4 atom stereocenters. The zero-order valence-corrected chi connectivity index (χ0v) is 10.9. The number of fused-ring (bicyclic) bond motifs is 5. The lowest BCUT2D eigenvalue weighted by molar-refractivity contribution is -0.124. The number of aryl methyl sites for hydroxylation is 2. The van der Waals surface area contributed by atoms with Gasteiger partial charge in [-0.3, -0.25) is 14.3 Å². The van der Waals surface area contributed by atoms with Crippen LogP contribution in [0.5, 0.6) is 0 Å². The first kappa shape index (κ1) is 11.2. The number of ether oxygens (including phenoxy) is 1. The summed E-state index contributed by atoms with van der Waals surface area (Å²) in [6, 6.07) is 1.78. The first-order valence-electron chi connectivity index (χ1n) is 6.62. The van der Waals surface area contributed by atoms with Crippen molar-refractivity contribution in [1.29, 1.82) is 0 Å². The molecule has 0 N–H and O–H groups in total. The summed E-state index contributed by atoms with van der Waals surface area (Å²) in [4.78, 5) is 26.2. The molecule has 2 amide bonds. The predicted molar refractivity (Wildman–Crippen MR) is 65.3 cm³/mol. The van der Waals surface area contributed by atoms with Gasteiger partial charge in [0.2, 0.25) is 11.8 Å². The van der Waals surface area contributed by atoms with Gasteiger partial charge in [-0.1, -0.05) is 0 Å². The first-order chi connectivity index (χ1) is 9.08. The summed E-state index contributed by atoms with van der Waals surface area (Å²) in [5.74, 6) is -0.397. The molecule has 0 unspecified atom stereocenters. The maximum Gasteiger partial charge on any atom is 0.241 e. The molecule has 4 heterocycles. The molecule has 1 aromatic rings. The first-order valence-corrected chi connectivity index (χ1v) is 6.62. The topological polar surface area (TPSA) is 64.4 Å². The molecule has 6 nitrogen and oxygen atoms in total. The third-order valence-corrected chi connectivity index (χ3v) is 4.61. The Labute approximate surface area is 110 Å². The van der Waals surface area contributed by atoms with E-state index in [2.05, 4.69) is 5.10 Å². The standard InChI is InChI=1S/C13H15N3O3/c1-6-5-9(14-15(6)2)16-12(17)10-7-3-4-8(19-7)11(10)13(16)18/h5,7-8,10-11H,3-4H2,1-2H3/t7-,8+,10-,11-/m0/s1. The second-order valence-electron chi connectivity index (χ2n) is 5.62. The largest absolute Gasteiger partial charge is 0.373 e. The minimum atomic E-state index is -0.284. The Hall–Kier alpha value is -1.69. The lowest BCUT2D eigenvalue weighted by atomic mass is 9.81. The van der Waals surface area contributed by atoms with E-state index in [0.29, 0.717) is 5.82 Å². The number of amides is 2. The van der Waals surface area contributed by atoms with Crippen LogP contribution < -0.4 is 4.90 Å². The average molecular weight is 261 g/mol. The Morgan fingerprint density at radius 3 is 2.26 bits per heavy atom. The Bertz CT molecular complexity index is 546. The fraction of sp³-hybridized carbons (Fsp3) is 0.615. The van der Waals surface area contributed by atoms with Gasteiger partial charge in [-0.2, -0.15) is 5.10 Å². The zero-order valence-electron chi connectivity index (χ0n) is 10.9. The zero-order chi connectivity index (χ0) is 13.3. The SMILES string of the molecule is Cc1cc(N2C(=O)[C@@H]3[C@@H](C2=O)[C@H]2CC[C@@H]3O2)nn1C. The summed E-state index contributed by atoms with van der Waals surface area (Å²) in [6.45, 7) is 1.90. The average Bonchev–Trinajstić information content (AvgIpc) is 3.07. The Balaban J connectivity index is 1.75. The van der Waals surface area contributed by atoms with Crippen molar-refractivity contribution in [2.45, 2.75) is 32.0 Å². The highest BCUT2D eigenvalue weighted by atomic mass is 16.5. The molecule has 2 bridgehead atoms. The van der Waals surface area contributed by atoms with Crippen molar-refractivity contribution in [1.82, 2.24) is 9.78 Å². The smallest absolute Gasteiger partial charge is 0.241 e. The lowest BCUT2D eigenvalue weighted by Gasteiger charge is -2.15. The molecule has 6 heteroatoms. The molecule has 3 aliphatic heterocycles. The number of hydrogen-bond donors (Lipinski definition) is 0. The fourth-order valence-electron chi connectivity index (χ4n) is 3.59. The van der Waals surface area contributed by atoms with Gasteiger partial charge in [0, 0.05) is 18.8 Å². The van der Waals surface area contributed by atoms with Crippen molar-refractivity contribution in [2.24, 2.45) is 18.9 Å². The van der Waals surface area contributed by atoms with Gasteiger partial charge in [0.25, 0.3) is 0 Å². The van der Waals surface area contributed by atoms with Gasteiger partial charge in [0.15, 0.2) is 5.82 Å². The van der Waals surface area contributed by atoms with Gasteiger partial charge in [-0.05, 0) is 19.8 Å². The summed E-state index contributed by atoms with van der Waals surface area (Å²) < 4.78 is 7.37. The van der Waals surface area contributed by atoms with Crippen LogP contribution in [-0.4, -0.2) is 33.8 Å². The Morgan fingerprint density at radius 2 is 1.79 bits per heavy atom. The van der Waals surface area contributed by atoms with Crippen molar-refractivity contribution in [3.8, 4) is 0 Å². The van der Waals surface area contributed by atoms with E-state index in [-0.39, 0.29) is 35.9 Å². The molecule has 0 spiro atoms. The van der Waals surface area contributed by atoms with Gasteiger partial charge >= 0.3 is 0 Å². The molecule has 0 saturated carbocycles. The normalized spacial score (nSPS) is 36.4. The fourth-order valence-corrected chi connectivity index (χ4v) is 3.59. The minimum Gasteiger partial charge on any atom is -0.373 e. The highest BCUT2D eigenvalue weighted by Gasteiger charge is 2.63. The van der Waals surface area contributed by atoms with Crippen LogP contribution in [0.4, 0.5) is 5.82 Å². The Kier molecular flexibility index (Phi) is 2.02. The molecule has 3 aliphatic rings. The number of anilines is 1. The van der Waals surface area contributed by atoms with Crippen molar-refractivity contribution in [3.63, 3.8) is 0 Å². The molecular weight excluding hydrogens is 246 g/mol. The monoisotopic (exact) mass is 261 g/mol. The van der Waals surface area contributed by atoms with E-state index in [1.165, 1.54) is 4.90 Å². The molecule has 1 aromatic heterocycles. The van der Waals surface area contributed by atoms with Crippen molar-refractivity contribution < 1.29 is 14.3 Å². The minimum absolute atomic E-state index is 0.0683.